The van der Waals surface area contributed by atoms with Crippen molar-refractivity contribution in [3.05, 3.63) is 35.4 Å². The summed E-state index contributed by atoms with van der Waals surface area (Å²) < 4.78 is 5.02. The molecule has 0 spiro atoms. The fourth-order valence-electron chi connectivity index (χ4n) is 1.55. The summed E-state index contributed by atoms with van der Waals surface area (Å²) >= 11 is 0. The predicted molar refractivity (Wildman–Crippen MR) is 70.9 cm³/mol. The van der Waals surface area contributed by atoms with E-state index >= 15 is 0 Å². The van der Waals surface area contributed by atoms with Crippen molar-refractivity contribution in [2.75, 3.05) is 6.61 Å². The molecule has 0 aromatic heterocycles. The zero-order valence-electron chi connectivity index (χ0n) is 11.1. The topological polar surface area (TPSA) is 43.4 Å². The third-order valence-electron chi connectivity index (χ3n) is 2.64. The number of rotatable bonds is 7. The maximum absolute atomic E-state index is 11.7. The maximum atomic E-state index is 11.7. The molecule has 0 saturated carbocycles. The van der Waals surface area contributed by atoms with Gasteiger partial charge >= 0.3 is 5.97 Å². The lowest BCUT2D eigenvalue weighted by atomic mass is 10.0. The largest absolute Gasteiger partial charge is 0.462 e. The van der Waals surface area contributed by atoms with E-state index in [0.717, 1.165) is 19.3 Å². The lowest BCUT2D eigenvalue weighted by Gasteiger charge is -2.04. The van der Waals surface area contributed by atoms with Gasteiger partial charge in [0, 0.05) is 12.0 Å². The molecule has 0 fully saturated rings. The lowest BCUT2D eigenvalue weighted by molar-refractivity contribution is 0.0505. The highest BCUT2D eigenvalue weighted by atomic mass is 16.5. The molecule has 98 valence electrons. The first-order valence-electron chi connectivity index (χ1n) is 6.49. The predicted octanol–water partition coefficient (Wildman–Crippen LogP) is 3.63. The molecule has 0 aliphatic heterocycles. The van der Waals surface area contributed by atoms with Crippen molar-refractivity contribution in [2.45, 2.75) is 39.5 Å². The Kier molecular flexibility index (Phi) is 6.12. The third kappa shape index (κ3) is 4.32. The Balaban J connectivity index is 2.62. The first-order valence-corrected chi connectivity index (χ1v) is 6.49. The van der Waals surface area contributed by atoms with Crippen molar-refractivity contribution in [3.8, 4) is 0 Å². The Morgan fingerprint density at radius 3 is 2.17 bits per heavy atom. The van der Waals surface area contributed by atoms with Crippen molar-refractivity contribution in [1.29, 1.82) is 0 Å². The number of carbonyl (C=O) groups excluding carboxylic acids is 2. The third-order valence-corrected chi connectivity index (χ3v) is 2.64. The molecule has 0 saturated heterocycles. The van der Waals surface area contributed by atoms with Gasteiger partial charge in [-0.2, -0.15) is 0 Å². The minimum absolute atomic E-state index is 0.130. The van der Waals surface area contributed by atoms with Gasteiger partial charge in [0.2, 0.25) is 0 Å². The van der Waals surface area contributed by atoms with Gasteiger partial charge in [-0.3, -0.25) is 4.79 Å². The Morgan fingerprint density at radius 2 is 1.61 bits per heavy atom. The molecule has 0 bridgehead atoms. The highest BCUT2D eigenvalue weighted by Crippen LogP contribution is 2.10. The number of ketones is 1. The van der Waals surface area contributed by atoms with E-state index in [4.69, 9.17) is 4.74 Å². The fraction of sp³-hybridized carbons (Fsp3) is 0.467. The van der Waals surface area contributed by atoms with Crippen molar-refractivity contribution in [1.82, 2.24) is 0 Å². The van der Waals surface area contributed by atoms with Crippen LogP contribution in [0.3, 0.4) is 0 Å². The zero-order valence-corrected chi connectivity index (χ0v) is 11.1. The SMILES string of the molecule is CCCCC(=O)c1ccc(C(=O)OCCC)cc1. The smallest absolute Gasteiger partial charge is 0.338 e. The molecule has 0 aliphatic rings. The molecule has 0 heterocycles. The fourth-order valence-corrected chi connectivity index (χ4v) is 1.55. The lowest BCUT2D eigenvalue weighted by Crippen LogP contribution is -2.06. The van der Waals surface area contributed by atoms with Gasteiger partial charge in [0.15, 0.2) is 5.78 Å². The van der Waals surface area contributed by atoms with Crippen LogP contribution < -0.4 is 0 Å². The quantitative estimate of drug-likeness (QED) is 0.546. The summed E-state index contributed by atoms with van der Waals surface area (Å²) in [6.07, 6.45) is 3.28. The van der Waals surface area contributed by atoms with Gasteiger partial charge in [0.1, 0.15) is 0 Å². The molecule has 0 N–H and O–H groups in total. The second kappa shape index (κ2) is 7.64. The molecule has 0 amide bonds. The summed E-state index contributed by atoms with van der Waals surface area (Å²) in [5.74, 6) is -0.199. The summed E-state index contributed by atoms with van der Waals surface area (Å²) in [4.78, 5) is 23.3. The van der Waals surface area contributed by atoms with Crippen LogP contribution in [0.2, 0.25) is 0 Å². The van der Waals surface area contributed by atoms with E-state index in [2.05, 4.69) is 6.92 Å². The van der Waals surface area contributed by atoms with Crippen LogP contribution in [0.1, 0.15) is 60.2 Å². The zero-order chi connectivity index (χ0) is 13.4. The number of ether oxygens (including phenoxy) is 1. The van der Waals surface area contributed by atoms with E-state index in [9.17, 15) is 9.59 Å². The summed E-state index contributed by atoms with van der Waals surface area (Å²) in [6, 6.07) is 6.69. The Hall–Kier alpha value is -1.64. The number of hydrogen-bond donors (Lipinski definition) is 0. The molecule has 1 aromatic carbocycles. The van der Waals surface area contributed by atoms with Crippen molar-refractivity contribution < 1.29 is 14.3 Å². The summed E-state index contributed by atoms with van der Waals surface area (Å²) in [5, 5.41) is 0. The Bertz CT molecular complexity index is 354. The van der Waals surface area contributed by atoms with E-state index in [1.165, 1.54) is 0 Å². The molecule has 0 aliphatic carbocycles. The van der Waals surface area contributed by atoms with Crippen LogP contribution in [0.5, 0.6) is 0 Å². The van der Waals surface area contributed by atoms with Gasteiger partial charge in [-0.15, -0.1) is 0 Å². The number of benzene rings is 1. The molecule has 1 rings (SSSR count). The van der Waals surface area contributed by atoms with E-state index < -0.39 is 0 Å². The van der Waals surface area contributed by atoms with Crippen molar-refractivity contribution >= 4 is 11.8 Å². The first-order chi connectivity index (χ1) is 8.69. The van der Waals surface area contributed by atoms with Crippen LogP contribution >= 0.6 is 0 Å². The number of hydrogen-bond acceptors (Lipinski definition) is 3. The van der Waals surface area contributed by atoms with Crippen molar-refractivity contribution in [3.63, 3.8) is 0 Å². The normalized spacial score (nSPS) is 10.1. The van der Waals surface area contributed by atoms with Gasteiger partial charge in [-0.25, -0.2) is 4.79 Å². The highest BCUT2D eigenvalue weighted by molar-refractivity contribution is 5.97. The molecule has 3 nitrogen and oxygen atoms in total. The van der Waals surface area contributed by atoms with Crippen LogP contribution in [0, 0.1) is 0 Å². The van der Waals surface area contributed by atoms with Crippen molar-refractivity contribution in [2.24, 2.45) is 0 Å². The molecular formula is C15H20O3. The molecule has 0 unspecified atom stereocenters. The first kappa shape index (κ1) is 14.4. The van der Waals surface area contributed by atoms with E-state index in [1.807, 2.05) is 6.92 Å². The summed E-state index contributed by atoms with van der Waals surface area (Å²) in [6.45, 7) is 4.43. The standard InChI is InChI=1S/C15H20O3/c1-3-5-6-14(16)12-7-9-13(10-8-12)15(17)18-11-4-2/h7-10H,3-6,11H2,1-2H3. The van der Waals surface area contributed by atoms with Gasteiger partial charge < -0.3 is 4.74 Å². The van der Waals surface area contributed by atoms with E-state index in [1.54, 1.807) is 24.3 Å². The Labute approximate surface area is 108 Å². The van der Waals surface area contributed by atoms with Crippen LogP contribution in [0.25, 0.3) is 0 Å². The number of unbranched alkanes of at least 4 members (excludes halogenated alkanes) is 1. The molecule has 3 heteroatoms. The van der Waals surface area contributed by atoms with Gasteiger partial charge in [0.05, 0.1) is 12.2 Å². The highest BCUT2D eigenvalue weighted by Gasteiger charge is 2.09. The molecule has 0 radical (unpaired) electrons. The summed E-state index contributed by atoms with van der Waals surface area (Å²) in [5.41, 5.74) is 1.16. The molecule has 0 atom stereocenters. The van der Waals surface area contributed by atoms with Crippen LogP contribution in [-0.4, -0.2) is 18.4 Å². The van der Waals surface area contributed by atoms with Gasteiger partial charge in [-0.05, 0) is 25.0 Å². The minimum atomic E-state index is -0.329. The average Bonchev–Trinajstić information content (AvgIpc) is 2.42. The van der Waals surface area contributed by atoms with Crippen LogP contribution in [-0.2, 0) is 4.74 Å². The van der Waals surface area contributed by atoms with E-state index in [-0.39, 0.29) is 11.8 Å². The Morgan fingerprint density at radius 1 is 1.00 bits per heavy atom. The van der Waals surface area contributed by atoms with Gasteiger partial charge in [0.25, 0.3) is 0 Å². The maximum Gasteiger partial charge on any atom is 0.338 e. The second-order valence-corrected chi connectivity index (χ2v) is 4.24. The van der Waals surface area contributed by atoms with Crippen LogP contribution in [0.15, 0.2) is 24.3 Å². The number of esters is 1. The number of Topliss-reactive ketones (excluding diaryl/α,β-unsaturated/α-hetero) is 1. The van der Waals surface area contributed by atoms with E-state index in [0.29, 0.717) is 24.2 Å². The molecule has 18 heavy (non-hydrogen) atoms. The monoisotopic (exact) mass is 248 g/mol. The minimum Gasteiger partial charge on any atom is -0.462 e. The summed E-state index contributed by atoms with van der Waals surface area (Å²) in [7, 11) is 0. The second-order valence-electron chi connectivity index (χ2n) is 4.24. The van der Waals surface area contributed by atoms with Crippen LogP contribution in [0.4, 0.5) is 0 Å². The number of carbonyl (C=O) groups is 2. The molecule has 1 aromatic rings. The molecular weight excluding hydrogens is 228 g/mol. The van der Waals surface area contributed by atoms with Gasteiger partial charge in [-0.1, -0.05) is 32.4 Å². The average molecular weight is 248 g/mol.